The normalized spacial score (nSPS) is 11.8. The molecule has 0 aliphatic rings. The van der Waals surface area contributed by atoms with E-state index in [-0.39, 0.29) is 0 Å². The summed E-state index contributed by atoms with van der Waals surface area (Å²) < 4.78 is 0. The van der Waals surface area contributed by atoms with E-state index in [0.717, 1.165) is 18.5 Å². The van der Waals surface area contributed by atoms with E-state index in [9.17, 15) is 0 Å². The zero-order chi connectivity index (χ0) is 14.3. The van der Waals surface area contributed by atoms with Crippen molar-refractivity contribution in [3.63, 3.8) is 0 Å². The lowest BCUT2D eigenvalue weighted by atomic mass is 9.84. The number of hydrogen-bond donors (Lipinski definition) is 0. The fourth-order valence-electron chi connectivity index (χ4n) is 1.95. The van der Waals surface area contributed by atoms with Crippen LogP contribution < -0.4 is 0 Å². The Balaban J connectivity index is 2.51. The molecule has 0 saturated carbocycles. The van der Waals surface area contributed by atoms with Crippen LogP contribution >= 0.6 is 0 Å². The summed E-state index contributed by atoms with van der Waals surface area (Å²) in [4.78, 5) is 4.59. The monoisotopic (exact) mass is 257 g/mol. The lowest BCUT2D eigenvalue weighted by molar-refractivity contribution is 0.356. The van der Waals surface area contributed by atoms with Gasteiger partial charge in [-0.05, 0) is 57.1 Å². The second-order valence-corrected chi connectivity index (χ2v) is 6.29. The van der Waals surface area contributed by atoms with Crippen LogP contribution in [-0.4, -0.2) is 6.21 Å². The van der Waals surface area contributed by atoms with Crippen molar-refractivity contribution in [3.05, 3.63) is 41.5 Å². The Bertz CT molecular complexity index is 449. The molecule has 0 aliphatic heterocycles. The first-order valence-corrected chi connectivity index (χ1v) is 7.12. The first-order chi connectivity index (χ1) is 8.91. The SMILES string of the molecule is CC(C)=CCCC(C)(C)CC=Nc1ccccc1C. The van der Waals surface area contributed by atoms with Crippen molar-refractivity contribution >= 4 is 11.9 Å². The number of hydrogen-bond acceptors (Lipinski definition) is 1. The van der Waals surface area contributed by atoms with E-state index in [4.69, 9.17) is 0 Å². The van der Waals surface area contributed by atoms with E-state index in [2.05, 4.69) is 70.1 Å². The van der Waals surface area contributed by atoms with Gasteiger partial charge in [0.2, 0.25) is 0 Å². The minimum absolute atomic E-state index is 0.318. The number of aryl methyl sites for hydroxylation is 1. The molecule has 0 unspecified atom stereocenters. The quantitative estimate of drug-likeness (QED) is 0.447. The third kappa shape index (κ3) is 6.37. The lowest BCUT2D eigenvalue weighted by Crippen LogP contribution is -2.11. The van der Waals surface area contributed by atoms with Crippen LogP contribution in [-0.2, 0) is 0 Å². The van der Waals surface area contributed by atoms with Crippen LogP contribution in [0, 0.1) is 12.3 Å². The summed E-state index contributed by atoms with van der Waals surface area (Å²) >= 11 is 0. The Morgan fingerprint density at radius 2 is 1.89 bits per heavy atom. The molecule has 1 rings (SSSR count). The van der Waals surface area contributed by atoms with Crippen LogP contribution in [0.15, 0.2) is 40.9 Å². The van der Waals surface area contributed by atoms with Crippen molar-refractivity contribution in [3.8, 4) is 0 Å². The van der Waals surface area contributed by atoms with Crippen molar-refractivity contribution < 1.29 is 0 Å². The summed E-state index contributed by atoms with van der Waals surface area (Å²) in [5, 5.41) is 0. The van der Waals surface area contributed by atoms with E-state index in [1.807, 2.05) is 6.07 Å². The lowest BCUT2D eigenvalue weighted by Gasteiger charge is -2.21. The first-order valence-electron chi connectivity index (χ1n) is 7.12. The fraction of sp³-hybridized carbons (Fsp3) is 0.500. The third-order valence-electron chi connectivity index (χ3n) is 3.36. The van der Waals surface area contributed by atoms with Crippen LogP contribution in [0.4, 0.5) is 5.69 Å². The molecular weight excluding hydrogens is 230 g/mol. The highest BCUT2D eigenvalue weighted by molar-refractivity contribution is 5.65. The molecule has 1 aromatic rings. The molecule has 0 atom stereocenters. The van der Waals surface area contributed by atoms with Crippen molar-refractivity contribution in [2.75, 3.05) is 0 Å². The minimum Gasteiger partial charge on any atom is -0.261 e. The summed E-state index contributed by atoms with van der Waals surface area (Å²) in [6.45, 7) is 11.1. The molecule has 0 bridgehead atoms. The molecule has 104 valence electrons. The molecule has 0 fully saturated rings. The zero-order valence-corrected chi connectivity index (χ0v) is 13.0. The van der Waals surface area contributed by atoms with Gasteiger partial charge in [-0.25, -0.2) is 0 Å². The Morgan fingerprint density at radius 1 is 1.21 bits per heavy atom. The highest BCUT2D eigenvalue weighted by Crippen LogP contribution is 2.27. The Morgan fingerprint density at radius 3 is 2.53 bits per heavy atom. The molecule has 0 aromatic heterocycles. The number of nitrogens with zero attached hydrogens (tertiary/aromatic N) is 1. The van der Waals surface area contributed by atoms with Gasteiger partial charge < -0.3 is 0 Å². The molecule has 0 radical (unpaired) electrons. The van der Waals surface area contributed by atoms with Crippen LogP contribution in [0.2, 0.25) is 0 Å². The van der Waals surface area contributed by atoms with E-state index in [1.165, 1.54) is 17.6 Å². The molecule has 0 heterocycles. The highest BCUT2D eigenvalue weighted by atomic mass is 14.7. The number of benzene rings is 1. The summed E-state index contributed by atoms with van der Waals surface area (Å²) in [6.07, 6.45) is 7.79. The molecule has 1 heteroatoms. The largest absolute Gasteiger partial charge is 0.261 e. The predicted molar refractivity (Wildman–Crippen MR) is 86.4 cm³/mol. The van der Waals surface area contributed by atoms with Crippen LogP contribution in [0.5, 0.6) is 0 Å². The van der Waals surface area contributed by atoms with E-state index >= 15 is 0 Å². The summed E-state index contributed by atoms with van der Waals surface area (Å²) in [7, 11) is 0. The topological polar surface area (TPSA) is 12.4 Å². The smallest absolute Gasteiger partial charge is 0.0654 e. The summed E-state index contributed by atoms with van der Waals surface area (Å²) in [5.41, 5.74) is 4.05. The van der Waals surface area contributed by atoms with Gasteiger partial charge in [0.05, 0.1) is 5.69 Å². The molecule has 0 N–H and O–H groups in total. The van der Waals surface area contributed by atoms with E-state index in [0.29, 0.717) is 5.41 Å². The van der Waals surface area contributed by atoms with Crippen molar-refractivity contribution in [2.24, 2.45) is 10.4 Å². The first kappa shape index (κ1) is 15.7. The Kier molecular flexibility index (Phi) is 6.01. The Hall–Kier alpha value is -1.37. The zero-order valence-electron chi connectivity index (χ0n) is 13.0. The third-order valence-corrected chi connectivity index (χ3v) is 3.36. The highest BCUT2D eigenvalue weighted by Gasteiger charge is 2.15. The van der Waals surface area contributed by atoms with E-state index < -0.39 is 0 Å². The van der Waals surface area contributed by atoms with Gasteiger partial charge in [0, 0.05) is 6.21 Å². The van der Waals surface area contributed by atoms with Gasteiger partial charge in [0.25, 0.3) is 0 Å². The molecule has 19 heavy (non-hydrogen) atoms. The summed E-state index contributed by atoms with van der Waals surface area (Å²) in [6, 6.07) is 8.27. The molecule has 1 aromatic carbocycles. The predicted octanol–water partition coefficient (Wildman–Crippen LogP) is 5.86. The maximum absolute atomic E-state index is 4.59. The summed E-state index contributed by atoms with van der Waals surface area (Å²) in [5.74, 6) is 0. The van der Waals surface area contributed by atoms with Gasteiger partial charge in [-0.3, -0.25) is 4.99 Å². The maximum Gasteiger partial charge on any atom is 0.0654 e. The molecule has 0 spiro atoms. The van der Waals surface area contributed by atoms with Gasteiger partial charge in [0.1, 0.15) is 0 Å². The maximum atomic E-state index is 4.59. The van der Waals surface area contributed by atoms with Crippen LogP contribution in [0.3, 0.4) is 0 Å². The standard InChI is InChI=1S/C18H27N/c1-15(2)9-8-12-18(4,5)13-14-19-17-11-7-6-10-16(17)3/h6-7,9-11,14H,8,12-13H2,1-5H3. The van der Waals surface area contributed by atoms with Gasteiger partial charge in [-0.15, -0.1) is 0 Å². The number of aliphatic imine (C=N–C) groups is 1. The van der Waals surface area contributed by atoms with Crippen LogP contribution in [0.1, 0.15) is 52.5 Å². The fourth-order valence-corrected chi connectivity index (χ4v) is 1.95. The second kappa shape index (κ2) is 7.28. The molecule has 0 saturated heterocycles. The molecular formula is C18H27N. The molecule has 0 amide bonds. The molecule has 0 aliphatic carbocycles. The molecule has 1 nitrogen and oxygen atoms in total. The van der Waals surface area contributed by atoms with Gasteiger partial charge >= 0.3 is 0 Å². The van der Waals surface area contributed by atoms with Gasteiger partial charge in [-0.2, -0.15) is 0 Å². The van der Waals surface area contributed by atoms with Crippen LogP contribution in [0.25, 0.3) is 0 Å². The van der Waals surface area contributed by atoms with Gasteiger partial charge in [-0.1, -0.05) is 43.7 Å². The van der Waals surface area contributed by atoms with Crippen molar-refractivity contribution in [2.45, 2.75) is 53.9 Å². The van der Waals surface area contributed by atoms with E-state index in [1.54, 1.807) is 0 Å². The average Bonchev–Trinajstić information content (AvgIpc) is 2.30. The van der Waals surface area contributed by atoms with Crippen molar-refractivity contribution in [1.82, 2.24) is 0 Å². The Labute approximate surface area is 118 Å². The minimum atomic E-state index is 0.318. The number of allylic oxidation sites excluding steroid dienone is 2. The number of rotatable bonds is 6. The van der Waals surface area contributed by atoms with Crippen molar-refractivity contribution in [1.29, 1.82) is 0 Å². The van der Waals surface area contributed by atoms with Gasteiger partial charge in [0.15, 0.2) is 0 Å². The second-order valence-electron chi connectivity index (χ2n) is 6.29. The average molecular weight is 257 g/mol. The number of para-hydroxylation sites is 1.